The number of nitrogens with zero attached hydrogens (tertiary/aromatic N) is 3. The van der Waals surface area contributed by atoms with E-state index in [2.05, 4.69) is 4.98 Å². The van der Waals surface area contributed by atoms with Crippen LogP contribution in [0.4, 0.5) is 0 Å². The van der Waals surface area contributed by atoms with Crippen molar-refractivity contribution in [2.75, 3.05) is 13.1 Å². The van der Waals surface area contributed by atoms with E-state index in [0.717, 1.165) is 25.7 Å². The van der Waals surface area contributed by atoms with Crippen molar-refractivity contribution in [1.29, 1.82) is 0 Å². The molecule has 118 valence electrons. The lowest BCUT2D eigenvalue weighted by atomic mass is 9.92. The van der Waals surface area contributed by atoms with E-state index < -0.39 is 5.97 Å². The zero-order valence-corrected chi connectivity index (χ0v) is 12.5. The first kappa shape index (κ1) is 13.8. The molecule has 0 bridgehead atoms. The van der Waals surface area contributed by atoms with Crippen molar-refractivity contribution < 1.29 is 14.7 Å². The molecular weight excluding hydrogens is 282 g/mol. The highest BCUT2D eigenvalue weighted by atomic mass is 16.4. The number of carboxylic acid groups (broad SMARTS) is 1. The average molecular weight is 303 g/mol. The predicted octanol–water partition coefficient (Wildman–Crippen LogP) is 1.23. The molecule has 4 rings (SSSR count). The highest BCUT2D eigenvalue weighted by Crippen LogP contribution is 2.51. The lowest BCUT2D eigenvalue weighted by molar-refractivity contribution is -0.143. The zero-order valence-electron chi connectivity index (χ0n) is 12.5. The van der Waals surface area contributed by atoms with Crippen LogP contribution in [0.5, 0.6) is 0 Å². The Labute approximate surface area is 129 Å². The van der Waals surface area contributed by atoms with Gasteiger partial charge in [0.05, 0.1) is 17.7 Å². The molecule has 0 spiro atoms. The van der Waals surface area contributed by atoms with E-state index in [-0.39, 0.29) is 23.2 Å². The Bertz CT molecular complexity index is 590. The molecule has 3 aliphatic rings. The van der Waals surface area contributed by atoms with Crippen molar-refractivity contribution in [3.63, 3.8) is 0 Å². The van der Waals surface area contributed by atoms with Crippen LogP contribution in [0, 0.1) is 23.2 Å². The number of imidazole rings is 1. The number of carbonyl (C=O) groups excluding carboxylic acids is 1. The maximum absolute atomic E-state index is 12.9. The molecule has 22 heavy (non-hydrogen) atoms. The van der Waals surface area contributed by atoms with Crippen molar-refractivity contribution >= 4 is 11.9 Å². The number of likely N-dealkylation sites (tertiary alicyclic amines) is 1. The van der Waals surface area contributed by atoms with E-state index in [1.54, 1.807) is 12.5 Å². The fourth-order valence-corrected chi connectivity index (χ4v) is 3.91. The lowest BCUT2D eigenvalue weighted by Gasteiger charge is -2.23. The number of hydrogen-bond acceptors (Lipinski definition) is 3. The van der Waals surface area contributed by atoms with Crippen molar-refractivity contribution in [1.82, 2.24) is 14.5 Å². The van der Waals surface area contributed by atoms with Crippen molar-refractivity contribution in [2.24, 2.45) is 23.2 Å². The smallest absolute Gasteiger partial charge is 0.308 e. The Morgan fingerprint density at radius 3 is 2.59 bits per heavy atom. The molecule has 2 aliphatic carbocycles. The number of amides is 1. The number of carbonyl (C=O) groups is 2. The first-order valence-electron chi connectivity index (χ1n) is 8.07. The Kier molecular flexibility index (Phi) is 3.03. The zero-order chi connectivity index (χ0) is 15.3. The molecule has 3 fully saturated rings. The number of aliphatic carboxylic acids is 1. The molecule has 1 aromatic rings. The van der Waals surface area contributed by atoms with Gasteiger partial charge in [-0.1, -0.05) is 0 Å². The molecule has 6 heteroatoms. The maximum atomic E-state index is 12.9. The SMILES string of the molecule is O=C(O)[C@@H]1CN(C(=O)C2(Cn3ccnc3)CC2)C[C@H]1C1CC1. The summed E-state index contributed by atoms with van der Waals surface area (Å²) in [6, 6.07) is 0. The van der Waals surface area contributed by atoms with Gasteiger partial charge in [0.2, 0.25) is 5.91 Å². The minimum Gasteiger partial charge on any atom is -0.481 e. The van der Waals surface area contributed by atoms with Gasteiger partial charge in [-0.05, 0) is 37.5 Å². The number of hydrogen-bond donors (Lipinski definition) is 1. The van der Waals surface area contributed by atoms with E-state index in [1.165, 1.54) is 0 Å². The molecule has 1 N–H and O–H groups in total. The van der Waals surface area contributed by atoms with Crippen LogP contribution in [0.2, 0.25) is 0 Å². The van der Waals surface area contributed by atoms with Gasteiger partial charge in [-0.3, -0.25) is 9.59 Å². The summed E-state index contributed by atoms with van der Waals surface area (Å²) in [5.74, 6) is -0.295. The molecule has 6 nitrogen and oxygen atoms in total. The summed E-state index contributed by atoms with van der Waals surface area (Å²) < 4.78 is 1.95. The van der Waals surface area contributed by atoms with Crippen LogP contribution in [-0.2, 0) is 16.1 Å². The monoisotopic (exact) mass is 303 g/mol. The Morgan fingerprint density at radius 1 is 1.27 bits per heavy atom. The van der Waals surface area contributed by atoms with Crippen LogP contribution in [0.15, 0.2) is 18.7 Å². The molecule has 1 aromatic heterocycles. The summed E-state index contributed by atoms with van der Waals surface area (Å²) in [6.07, 6.45) is 9.38. The van der Waals surface area contributed by atoms with Crippen LogP contribution >= 0.6 is 0 Å². The molecule has 1 amide bonds. The van der Waals surface area contributed by atoms with Gasteiger partial charge in [0.15, 0.2) is 0 Å². The van der Waals surface area contributed by atoms with Gasteiger partial charge in [0.25, 0.3) is 0 Å². The van der Waals surface area contributed by atoms with E-state index >= 15 is 0 Å². The van der Waals surface area contributed by atoms with Crippen LogP contribution in [0.25, 0.3) is 0 Å². The first-order chi connectivity index (χ1) is 10.6. The van der Waals surface area contributed by atoms with E-state index in [0.29, 0.717) is 25.6 Å². The highest BCUT2D eigenvalue weighted by molar-refractivity contribution is 5.86. The van der Waals surface area contributed by atoms with Crippen LogP contribution in [0.3, 0.4) is 0 Å². The van der Waals surface area contributed by atoms with Gasteiger partial charge in [0.1, 0.15) is 0 Å². The Balaban J connectivity index is 1.47. The minimum absolute atomic E-state index is 0.149. The molecular formula is C16H21N3O3. The van der Waals surface area contributed by atoms with Gasteiger partial charge in [-0.15, -0.1) is 0 Å². The normalized spacial score (nSPS) is 29.5. The van der Waals surface area contributed by atoms with E-state index in [9.17, 15) is 14.7 Å². The first-order valence-corrected chi connectivity index (χ1v) is 8.07. The van der Waals surface area contributed by atoms with Crippen molar-refractivity contribution in [2.45, 2.75) is 32.2 Å². The second-order valence-corrected chi connectivity index (χ2v) is 7.17. The summed E-state index contributed by atoms with van der Waals surface area (Å²) in [4.78, 5) is 30.3. The largest absolute Gasteiger partial charge is 0.481 e. The molecule has 0 radical (unpaired) electrons. The Morgan fingerprint density at radius 2 is 2.05 bits per heavy atom. The topological polar surface area (TPSA) is 75.4 Å². The van der Waals surface area contributed by atoms with Gasteiger partial charge in [0, 0.05) is 32.0 Å². The third kappa shape index (κ3) is 2.30. The standard InChI is InChI=1S/C16H21N3O3/c20-14(21)13-8-19(7-12(13)11-1-2-11)15(22)16(3-4-16)9-18-6-5-17-10-18/h5-6,10-13H,1-4,7-9H2,(H,20,21)/t12-,13+/m0/s1. The van der Waals surface area contributed by atoms with Gasteiger partial charge in [-0.2, -0.15) is 0 Å². The second-order valence-electron chi connectivity index (χ2n) is 7.17. The van der Waals surface area contributed by atoms with Crippen LogP contribution in [0.1, 0.15) is 25.7 Å². The van der Waals surface area contributed by atoms with Crippen molar-refractivity contribution in [3.05, 3.63) is 18.7 Å². The molecule has 1 aliphatic heterocycles. The van der Waals surface area contributed by atoms with E-state index in [1.807, 2.05) is 15.7 Å². The summed E-state index contributed by atoms with van der Waals surface area (Å²) in [5, 5.41) is 9.44. The third-order valence-corrected chi connectivity index (χ3v) is 5.55. The van der Waals surface area contributed by atoms with Crippen LogP contribution in [-0.4, -0.2) is 44.5 Å². The minimum atomic E-state index is -0.744. The maximum Gasteiger partial charge on any atom is 0.308 e. The number of carboxylic acids is 1. The van der Waals surface area contributed by atoms with Crippen molar-refractivity contribution in [3.8, 4) is 0 Å². The van der Waals surface area contributed by atoms with Crippen LogP contribution < -0.4 is 0 Å². The summed E-state index contributed by atoms with van der Waals surface area (Å²) in [6.45, 7) is 1.68. The highest BCUT2D eigenvalue weighted by Gasteiger charge is 2.55. The fourth-order valence-electron chi connectivity index (χ4n) is 3.91. The fraction of sp³-hybridized carbons (Fsp3) is 0.688. The van der Waals surface area contributed by atoms with E-state index in [4.69, 9.17) is 0 Å². The quantitative estimate of drug-likeness (QED) is 0.888. The predicted molar refractivity (Wildman–Crippen MR) is 77.8 cm³/mol. The molecule has 2 saturated carbocycles. The van der Waals surface area contributed by atoms with Gasteiger partial charge >= 0.3 is 5.97 Å². The summed E-state index contributed by atoms with van der Waals surface area (Å²) >= 11 is 0. The number of rotatable bonds is 5. The third-order valence-electron chi connectivity index (χ3n) is 5.55. The molecule has 0 unspecified atom stereocenters. The second kappa shape index (κ2) is 4.83. The lowest BCUT2D eigenvalue weighted by Crippen LogP contribution is -2.38. The molecule has 1 saturated heterocycles. The number of aromatic nitrogens is 2. The van der Waals surface area contributed by atoms with Gasteiger partial charge in [-0.25, -0.2) is 4.98 Å². The van der Waals surface area contributed by atoms with Gasteiger partial charge < -0.3 is 14.6 Å². The summed E-state index contributed by atoms with van der Waals surface area (Å²) in [5.41, 5.74) is -0.317. The summed E-state index contributed by atoms with van der Waals surface area (Å²) in [7, 11) is 0. The molecule has 2 atom stereocenters. The molecule has 2 heterocycles. The molecule has 0 aromatic carbocycles. The Hall–Kier alpha value is -1.85. The average Bonchev–Trinajstić information content (AvgIpc) is 3.38.